The van der Waals surface area contributed by atoms with Crippen molar-refractivity contribution >= 4 is 56.3 Å². The molecule has 4 nitrogen and oxygen atoms in total. The van der Waals surface area contributed by atoms with Gasteiger partial charge < -0.3 is 10.1 Å². The Kier molecular flexibility index (Phi) is 4.47. The first kappa shape index (κ1) is 15.1. The molecule has 3 rings (SSSR count). The number of halogens is 2. The predicted molar refractivity (Wildman–Crippen MR) is 90.2 cm³/mol. The summed E-state index contributed by atoms with van der Waals surface area (Å²) < 4.78 is 6.40. The van der Waals surface area contributed by atoms with E-state index < -0.39 is 0 Å². The smallest absolute Gasteiger partial charge is 0.262 e. The zero-order valence-electron chi connectivity index (χ0n) is 11.2. The van der Waals surface area contributed by atoms with Gasteiger partial charge in [-0.25, -0.2) is 4.98 Å². The van der Waals surface area contributed by atoms with Gasteiger partial charge in [-0.1, -0.05) is 23.2 Å². The van der Waals surface area contributed by atoms with Crippen LogP contribution in [0.4, 0.5) is 5.69 Å². The summed E-state index contributed by atoms with van der Waals surface area (Å²) in [5.74, 6) is 0.147. The van der Waals surface area contributed by atoms with E-state index >= 15 is 0 Å². The Hall–Kier alpha value is -1.82. The highest BCUT2D eigenvalue weighted by molar-refractivity contribution is 7.16. The molecule has 0 saturated carbocycles. The van der Waals surface area contributed by atoms with E-state index in [-0.39, 0.29) is 12.5 Å². The summed E-state index contributed by atoms with van der Waals surface area (Å²) in [6.45, 7) is -0.137. The number of anilines is 1. The lowest BCUT2D eigenvalue weighted by Gasteiger charge is -2.09. The van der Waals surface area contributed by atoms with Crippen molar-refractivity contribution in [3.05, 3.63) is 52.0 Å². The maximum absolute atomic E-state index is 11.9. The average molecular weight is 353 g/mol. The first-order valence-corrected chi connectivity index (χ1v) is 7.96. The van der Waals surface area contributed by atoms with Crippen LogP contribution >= 0.6 is 34.5 Å². The summed E-state index contributed by atoms with van der Waals surface area (Å²) >= 11 is 13.3. The highest BCUT2D eigenvalue weighted by Crippen LogP contribution is 2.27. The lowest BCUT2D eigenvalue weighted by molar-refractivity contribution is -0.118. The summed E-state index contributed by atoms with van der Waals surface area (Å²) in [4.78, 5) is 16.1. The SMILES string of the molecule is O=C(COc1ccc(Cl)cc1Cl)Nc1ccc2ncsc2c1. The fraction of sp³-hybridized carbons (Fsp3) is 0.0667. The number of aromatic nitrogens is 1. The molecule has 0 aliphatic heterocycles. The largest absolute Gasteiger partial charge is 0.482 e. The lowest BCUT2D eigenvalue weighted by Crippen LogP contribution is -2.20. The van der Waals surface area contributed by atoms with Crippen molar-refractivity contribution in [2.75, 3.05) is 11.9 Å². The molecule has 22 heavy (non-hydrogen) atoms. The second-order valence-electron chi connectivity index (χ2n) is 4.45. The van der Waals surface area contributed by atoms with Crippen LogP contribution in [-0.2, 0) is 4.79 Å². The van der Waals surface area contributed by atoms with E-state index in [0.29, 0.717) is 21.5 Å². The van der Waals surface area contributed by atoms with Crippen LogP contribution in [0.1, 0.15) is 0 Å². The third-order valence-corrected chi connectivity index (χ3v) is 4.19. The maximum atomic E-state index is 11.9. The number of hydrogen-bond acceptors (Lipinski definition) is 4. The molecule has 0 radical (unpaired) electrons. The van der Waals surface area contributed by atoms with Crippen LogP contribution in [0.2, 0.25) is 10.0 Å². The maximum Gasteiger partial charge on any atom is 0.262 e. The zero-order chi connectivity index (χ0) is 15.5. The van der Waals surface area contributed by atoms with Gasteiger partial charge in [0.15, 0.2) is 6.61 Å². The topological polar surface area (TPSA) is 51.2 Å². The predicted octanol–water partition coefficient (Wildman–Crippen LogP) is 4.62. The number of hydrogen-bond donors (Lipinski definition) is 1. The van der Waals surface area contributed by atoms with E-state index in [1.807, 2.05) is 12.1 Å². The molecular weight excluding hydrogens is 343 g/mol. The average Bonchev–Trinajstić information content (AvgIpc) is 2.94. The molecule has 112 valence electrons. The number of benzene rings is 2. The zero-order valence-corrected chi connectivity index (χ0v) is 13.5. The van der Waals surface area contributed by atoms with Crippen LogP contribution in [0.25, 0.3) is 10.2 Å². The third-order valence-electron chi connectivity index (χ3n) is 2.87. The van der Waals surface area contributed by atoms with Crippen molar-refractivity contribution in [1.29, 1.82) is 0 Å². The number of ether oxygens (including phenoxy) is 1. The molecule has 3 aromatic rings. The van der Waals surface area contributed by atoms with Gasteiger partial charge in [-0.3, -0.25) is 4.79 Å². The van der Waals surface area contributed by atoms with Crippen LogP contribution in [0.5, 0.6) is 5.75 Å². The van der Waals surface area contributed by atoms with Crippen molar-refractivity contribution in [3.8, 4) is 5.75 Å². The second-order valence-corrected chi connectivity index (χ2v) is 6.18. The van der Waals surface area contributed by atoms with Crippen LogP contribution in [-0.4, -0.2) is 17.5 Å². The van der Waals surface area contributed by atoms with Crippen LogP contribution in [0.15, 0.2) is 41.9 Å². The lowest BCUT2D eigenvalue weighted by atomic mass is 10.3. The molecular formula is C15H10Cl2N2O2S. The second kappa shape index (κ2) is 6.52. The molecule has 1 N–H and O–H groups in total. The highest BCUT2D eigenvalue weighted by Gasteiger charge is 2.08. The van der Waals surface area contributed by atoms with Crippen molar-refractivity contribution in [2.45, 2.75) is 0 Å². The molecule has 0 aliphatic carbocycles. The molecule has 0 saturated heterocycles. The number of fused-ring (bicyclic) bond motifs is 1. The molecule has 2 aromatic carbocycles. The summed E-state index contributed by atoms with van der Waals surface area (Å²) in [5, 5.41) is 3.65. The Bertz CT molecular complexity index is 835. The monoisotopic (exact) mass is 352 g/mol. The Balaban J connectivity index is 1.62. The van der Waals surface area contributed by atoms with Crippen molar-refractivity contribution in [1.82, 2.24) is 4.98 Å². The Labute approximate surface area is 140 Å². The van der Waals surface area contributed by atoms with Gasteiger partial charge in [0.25, 0.3) is 5.91 Å². The van der Waals surface area contributed by atoms with Crippen molar-refractivity contribution in [2.24, 2.45) is 0 Å². The number of thiazole rings is 1. The van der Waals surface area contributed by atoms with Gasteiger partial charge in [0.2, 0.25) is 0 Å². The Morgan fingerprint density at radius 2 is 2.09 bits per heavy atom. The van der Waals surface area contributed by atoms with E-state index in [2.05, 4.69) is 10.3 Å². The minimum Gasteiger partial charge on any atom is -0.482 e. The number of amides is 1. The quantitative estimate of drug-likeness (QED) is 0.745. The molecule has 1 heterocycles. The molecule has 0 fully saturated rings. The van der Waals surface area contributed by atoms with Crippen molar-refractivity contribution in [3.63, 3.8) is 0 Å². The number of rotatable bonds is 4. The summed E-state index contributed by atoms with van der Waals surface area (Å²) in [7, 11) is 0. The molecule has 0 spiro atoms. The van der Waals surface area contributed by atoms with Gasteiger partial charge in [0, 0.05) is 10.7 Å². The number of nitrogens with one attached hydrogen (secondary N) is 1. The fourth-order valence-corrected chi connectivity index (χ4v) is 3.04. The first-order valence-electron chi connectivity index (χ1n) is 6.33. The summed E-state index contributed by atoms with van der Waals surface area (Å²) in [5.41, 5.74) is 3.38. The van der Waals surface area contributed by atoms with E-state index in [1.54, 1.807) is 29.8 Å². The molecule has 1 aromatic heterocycles. The van der Waals surface area contributed by atoms with Crippen LogP contribution < -0.4 is 10.1 Å². The van der Waals surface area contributed by atoms with E-state index in [0.717, 1.165) is 10.2 Å². The van der Waals surface area contributed by atoms with Gasteiger partial charge >= 0.3 is 0 Å². The third kappa shape index (κ3) is 3.50. The first-order chi connectivity index (χ1) is 10.6. The molecule has 0 atom stereocenters. The van der Waals surface area contributed by atoms with Gasteiger partial charge in [-0.15, -0.1) is 11.3 Å². The Morgan fingerprint density at radius 3 is 2.91 bits per heavy atom. The fourth-order valence-electron chi connectivity index (χ4n) is 1.87. The van der Waals surface area contributed by atoms with Gasteiger partial charge in [0.1, 0.15) is 5.75 Å². The normalized spacial score (nSPS) is 10.6. The van der Waals surface area contributed by atoms with Crippen LogP contribution in [0.3, 0.4) is 0 Å². The minimum atomic E-state index is -0.269. The van der Waals surface area contributed by atoms with Crippen LogP contribution in [0, 0.1) is 0 Å². The molecule has 0 unspecified atom stereocenters. The molecule has 7 heteroatoms. The molecule has 0 bridgehead atoms. The minimum absolute atomic E-state index is 0.137. The van der Waals surface area contributed by atoms with E-state index in [4.69, 9.17) is 27.9 Å². The van der Waals surface area contributed by atoms with E-state index in [1.165, 1.54) is 11.3 Å². The molecule has 1 amide bonds. The highest BCUT2D eigenvalue weighted by atomic mass is 35.5. The van der Waals surface area contributed by atoms with E-state index in [9.17, 15) is 4.79 Å². The number of nitrogens with zero attached hydrogens (tertiary/aromatic N) is 1. The summed E-state index contributed by atoms with van der Waals surface area (Å²) in [6, 6.07) is 10.4. The number of carbonyl (C=O) groups is 1. The van der Waals surface area contributed by atoms with Gasteiger partial charge in [-0.2, -0.15) is 0 Å². The number of carbonyl (C=O) groups excluding carboxylic acids is 1. The van der Waals surface area contributed by atoms with Crippen molar-refractivity contribution < 1.29 is 9.53 Å². The van der Waals surface area contributed by atoms with Gasteiger partial charge in [0.05, 0.1) is 20.7 Å². The molecule has 0 aliphatic rings. The summed E-state index contributed by atoms with van der Waals surface area (Å²) in [6.07, 6.45) is 0. The Morgan fingerprint density at radius 1 is 1.23 bits per heavy atom. The standard InChI is InChI=1S/C15H10Cl2N2O2S/c16-9-1-4-13(11(17)5-9)21-7-15(20)19-10-2-3-12-14(6-10)22-8-18-12/h1-6,8H,7H2,(H,19,20). The van der Waals surface area contributed by atoms with Gasteiger partial charge in [-0.05, 0) is 36.4 Å².